The maximum absolute atomic E-state index is 12.9. The first-order valence-electron chi connectivity index (χ1n) is 9.68. The van der Waals surface area contributed by atoms with Gasteiger partial charge < -0.3 is 24.4 Å². The Morgan fingerprint density at radius 2 is 1.90 bits per heavy atom. The molecule has 2 amide bonds. The van der Waals surface area contributed by atoms with E-state index in [4.69, 9.17) is 14.2 Å². The summed E-state index contributed by atoms with van der Waals surface area (Å²) in [5.74, 6) is 1.36. The second-order valence-corrected chi connectivity index (χ2v) is 6.85. The Bertz CT molecular complexity index is 970. The fraction of sp³-hybridized carbons (Fsp3) is 0.304. The van der Waals surface area contributed by atoms with Crippen molar-refractivity contribution in [3.8, 4) is 17.2 Å². The van der Waals surface area contributed by atoms with Crippen LogP contribution in [-0.4, -0.2) is 39.7 Å². The summed E-state index contributed by atoms with van der Waals surface area (Å²) in [7, 11) is 4.63. The van der Waals surface area contributed by atoms with Gasteiger partial charge in [-0.05, 0) is 37.1 Å². The number of allylic oxidation sites excluding steroid dienone is 1. The summed E-state index contributed by atoms with van der Waals surface area (Å²) in [4.78, 5) is 26.7. The molecular weight excluding hydrogens is 384 g/mol. The molecule has 2 aromatic carbocycles. The molecule has 0 atom stereocenters. The maximum Gasteiger partial charge on any atom is 0.255 e. The van der Waals surface area contributed by atoms with Crippen molar-refractivity contribution in [2.45, 2.75) is 19.3 Å². The second kappa shape index (κ2) is 9.35. The van der Waals surface area contributed by atoms with Crippen LogP contribution >= 0.6 is 0 Å². The molecule has 1 N–H and O–H groups in total. The zero-order valence-corrected chi connectivity index (χ0v) is 17.5. The van der Waals surface area contributed by atoms with Crippen molar-refractivity contribution >= 4 is 23.2 Å². The van der Waals surface area contributed by atoms with Gasteiger partial charge in [0.05, 0.1) is 27.0 Å². The molecule has 158 valence electrons. The van der Waals surface area contributed by atoms with E-state index >= 15 is 0 Å². The number of carbonyl (C=O) groups excluding carboxylic acids is 2. The fourth-order valence-electron chi connectivity index (χ4n) is 3.57. The van der Waals surface area contributed by atoms with Gasteiger partial charge in [-0.25, -0.2) is 0 Å². The molecule has 2 aromatic rings. The van der Waals surface area contributed by atoms with Crippen LogP contribution in [0.1, 0.15) is 28.8 Å². The number of rotatable bonds is 8. The lowest BCUT2D eigenvalue weighted by Crippen LogP contribution is -2.24. The predicted molar refractivity (Wildman–Crippen MR) is 116 cm³/mol. The largest absolute Gasteiger partial charge is 0.494 e. The predicted octanol–water partition coefficient (Wildman–Crippen LogP) is 3.82. The van der Waals surface area contributed by atoms with Gasteiger partial charge in [-0.15, -0.1) is 6.58 Å². The number of amides is 2. The van der Waals surface area contributed by atoms with Crippen LogP contribution in [0.25, 0.3) is 0 Å². The third-order valence-corrected chi connectivity index (χ3v) is 4.98. The lowest BCUT2D eigenvalue weighted by molar-refractivity contribution is -0.117. The highest BCUT2D eigenvalue weighted by molar-refractivity contribution is 6.05. The van der Waals surface area contributed by atoms with Crippen LogP contribution in [0.3, 0.4) is 0 Å². The summed E-state index contributed by atoms with van der Waals surface area (Å²) in [6.07, 6.45) is 3.63. The molecule has 1 aliphatic rings. The number of nitrogens with zero attached hydrogens (tertiary/aromatic N) is 1. The lowest BCUT2D eigenvalue weighted by atomic mass is 10.0. The molecule has 0 aromatic heterocycles. The van der Waals surface area contributed by atoms with E-state index in [2.05, 4.69) is 11.9 Å². The third kappa shape index (κ3) is 4.25. The topological polar surface area (TPSA) is 77.1 Å². The van der Waals surface area contributed by atoms with Crippen LogP contribution in [-0.2, 0) is 11.2 Å². The Hall–Kier alpha value is -3.48. The third-order valence-electron chi connectivity index (χ3n) is 4.98. The quantitative estimate of drug-likeness (QED) is 0.670. The van der Waals surface area contributed by atoms with Crippen molar-refractivity contribution < 1.29 is 23.8 Å². The average Bonchev–Trinajstić information content (AvgIpc) is 3.18. The molecular formula is C23H26N2O5. The van der Waals surface area contributed by atoms with E-state index in [-0.39, 0.29) is 11.8 Å². The zero-order chi connectivity index (χ0) is 21.7. The van der Waals surface area contributed by atoms with Gasteiger partial charge >= 0.3 is 0 Å². The molecule has 0 spiro atoms. The molecule has 1 aliphatic heterocycles. The molecule has 30 heavy (non-hydrogen) atoms. The minimum Gasteiger partial charge on any atom is -0.494 e. The van der Waals surface area contributed by atoms with Gasteiger partial charge in [-0.2, -0.15) is 0 Å². The van der Waals surface area contributed by atoms with Crippen molar-refractivity contribution in [1.29, 1.82) is 0 Å². The standard InChI is InChI=1S/C23H26N2O5/c1-5-7-15-12-16(13-20(29-3)22(15)30-4)23(27)24-17-9-10-18(19(14-17)28-2)25-11-6-8-21(25)26/h5,9-10,12-14H,1,6-8,11H2,2-4H3,(H,24,27). The van der Waals surface area contributed by atoms with Crippen LogP contribution in [0.4, 0.5) is 11.4 Å². The monoisotopic (exact) mass is 410 g/mol. The molecule has 1 heterocycles. The van der Waals surface area contributed by atoms with Crippen LogP contribution in [0.5, 0.6) is 17.2 Å². The Balaban J connectivity index is 1.87. The molecule has 0 unspecified atom stereocenters. The summed E-state index contributed by atoms with van der Waals surface area (Å²) in [5.41, 5.74) is 2.50. The van der Waals surface area contributed by atoms with E-state index in [1.165, 1.54) is 7.11 Å². The van der Waals surface area contributed by atoms with E-state index in [9.17, 15) is 9.59 Å². The highest BCUT2D eigenvalue weighted by atomic mass is 16.5. The van der Waals surface area contributed by atoms with Gasteiger partial charge in [0.1, 0.15) is 5.75 Å². The minimum absolute atomic E-state index is 0.0742. The average molecular weight is 410 g/mol. The lowest BCUT2D eigenvalue weighted by Gasteiger charge is -2.20. The normalized spacial score (nSPS) is 13.2. The first-order chi connectivity index (χ1) is 14.5. The molecule has 0 bridgehead atoms. The van der Waals surface area contributed by atoms with E-state index in [0.29, 0.717) is 53.6 Å². The number of carbonyl (C=O) groups is 2. The smallest absolute Gasteiger partial charge is 0.255 e. The van der Waals surface area contributed by atoms with Gasteiger partial charge in [0.2, 0.25) is 5.91 Å². The van der Waals surface area contributed by atoms with E-state index < -0.39 is 0 Å². The Kier molecular flexibility index (Phi) is 6.61. The number of hydrogen-bond acceptors (Lipinski definition) is 5. The summed E-state index contributed by atoms with van der Waals surface area (Å²) in [5, 5.41) is 2.88. The van der Waals surface area contributed by atoms with Crippen molar-refractivity contribution in [3.63, 3.8) is 0 Å². The van der Waals surface area contributed by atoms with Gasteiger partial charge in [-0.1, -0.05) is 6.08 Å². The van der Waals surface area contributed by atoms with E-state index in [1.54, 1.807) is 55.5 Å². The van der Waals surface area contributed by atoms with E-state index in [0.717, 1.165) is 12.0 Å². The van der Waals surface area contributed by atoms with Crippen molar-refractivity contribution in [3.05, 3.63) is 54.1 Å². The van der Waals surface area contributed by atoms with Crippen LogP contribution in [0.15, 0.2) is 43.0 Å². The number of methoxy groups -OCH3 is 3. The Morgan fingerprint density at radius 3 is 2.50 bits per heavy atom. The molecule has 1 saturated heterocycles. The number of nitrogens with one attached hydrogen (secondary N) is 1. The van der Waals surface area contributed by atoms with Gasteiger partial charge in [0.15, 0.2) is 11.5 Å². The molecule has 3 rings (SSSR count). The summed E-state index contributed by atoms with van der Waals surface area (Å²) >= 11 is 0. The maximum atomic E-state index is 12.9. The van der Waals surface area contributed by atoms with Crippen molar-refractivity contribution in [1.82, 2.24) is 0 Å². The summed E-state index contributed by atoms with van der Waals surface area (Å²) in [6.45, 7) is 4.42. The summed E-state index contributed by atoms with van der Waals surface area (Å²) < 4.78 is 16.3. The van der Waals surface area contributed by atoms with Crippen molar-refractivity contribution in [2.75, 3.05) is 38.1 Å². The number of hydrogen-bond donors (Lipinski definition) is 1. The van der Waals surface area contributed by atoms with Gasteiger partial charge in [0.25, 0.3) is 5.91 Å². The SMILES string of the molecule is C=CCc1cc(C(=O)Nc2ccc(N3CCCC3=O)c(OC)c2)cc(OC)c1OC. The van der Waals surface area contributed by atoms with Crippen LogP contribution in [0.2, 0.25) is 0 Å². The Labute approximate surface area is 176 Å². The number of benzene rings is 2. The first-order valence-corrected chi connectivity index (χ1v) is 9.68. The van der Waals surface area contributed by atoms with Crippen LogP contribution in [0, 0.1) is 0 Å². The zero-order valence-electron chi connectivity index (χ0n) is 17.5. The number of anilines is 2. The first kappa shape index (κ1) is 21.2. The molecule has 7 nitrogen and oxygen atoms in total. The molecule has 0 saturated carbocycles. The van der Waals surface area contributed by atoms with Gasteiger partial charge in [-0.3, -0.25) is 9.59 Å². The molecule has 1 fully saturated rings. The molecule has 0 radical (unpaired) electrons. The van der Waals surface area contributed by atoms with Crippen molar-refractivity contribution in [2.24, 2.45) is 0 Å². The molecule has 7 heteroatoms. The van der Waals surface area contributed by atoms with Crippen LogP contribution < -0.4 is 24.4 Å². The van der Waals surface area contributed by atoms with Gasteiger partial charge in [0, 0.05) is 35.8 Å². The molecule has 0 aliphatic carbocycles. The highest BCUT2D eigenvalue weighted by Crippen LogP contribution is 2.35. The number of ether oxygens (including phenoxy) is 3. The van der Waals surface area contributed by atoms with E-state index in [1.807, 2.05) is 0 Å². The Morgan fingerprint density at radius 1 is 1.13 bits per heavy atom. The minimum atomic E-state index is -0.298. The summed E-state index contributed by atoms with van der Waals surface area (Å²) in [6, 6.07) is 8.65. The fourth-order valence-corrected chi connectivity index (χ4v) is 3.57. The highest BCUT2D eigenvalue weighted by Gasteiger charge is 2.25. The second-order valence-electron chi connectivity index (χ2n) is 6.85.